The maximum Gasteiger partial charge on any atom is 0.246 e. The molecule has 7 nitrogen and oxygen atoms in total. The lowest BCUT2D eigenvalue weighted by molar-refractivity contribution is 0.344. The zero-order valence-corrected chi connectivity index (χ0v) is 17.5. The molecule has 30 heavy (non-hydrogen) atoms. The fourth-order valence-electron chi connectivity index (χ4n) is 4.12. The summed E-state index contributed by atoms with van der Waals surface area (Å²) < 4.78 is 57.7. The predicted octanol–water partition coefficient (Wildman–Crippen LogP) is 3.09. The number of hydrogen-bond donors (Lipinski definition) is 2. The molecule has 1 aromatic heterocycles. The molecule has 0 unspecified atom stereocenters. The first-order valence-corrected chi connectivity index (χ1v) is 10.9. The Hall–Kier alpha value is -3.01. The number of halogens is 2. The third-order valence-electron chi connectivity index (χ3n) is 5.66. The molecule has 10 heteroatoms. The minimum absolute atomic E-state index is 0.0420. The van der Waals surface area contributed by atoms with Gasteiger partial charge >= 0.3 is 0 Å². The van der Waals surface area contributed by atoms with E-state index in [0.717, 1.165) is 21.3 Å². The number of fused-ring (bicyclic) bond motifs is 1. The van der Waals surface area contributed by atoms with E-state index in [0.29, 0.717) is 18.2 Å². The van der Waals surface area contributed by atoms with Crippen LogP contribution in [0.3, 0.4) is 0 Å². The topological polar surface area (TPSA) is 91.1 Å². The van der Waals surface area contributed by atoms with Crippen molar-refractivity contribution in [2.24, 2.45) is 0 Å². The molecule has 2 heterocycles. The summed E-state index contributed by atoms with van der Waals surface area (Å²) in [4.78, 5) is 0. The molecule has 158 valence electrons. The lowest BCUT2D eigenvalue weighted by Crippen LogP contribution is -2.62. The summed E-state index contributed by atoms with van der Waals surface area (Å²) >= 11 is 0. The molecule has 0 aliphatic carbocycles. The van der Waals surface area contributed by atoms with Gasteiger partial charge in [0.05, 0.1) is 17.3 Å². The summed E-state index contributed by atoms with van der Waals surface area (Å²) in [7, 11) is -2.83. The first kappa shape index (κ1) is 20.3. The molecule has 4 rings (SSSR count). The SMILES string of the molecule is CCn1ncc2cc([C@@H]3[C@@](C)(c4ccc(F)cc4F)NC(=N)N(C)S3(=O)=O)ccc21. The van der Waals surface area contributed by atoms with Crippen LogP contribution in [-0.4, -0.2) is 35.5 Å². The van der Waals surface area contributed by atoms with Crippen molar-refractivity contribution in [3.63, 3.8) is 0 Å². The van der Waals surface area contributed by atoms with Crippen LogP contribution in [0.25, 0.3) is 10.9 Å². The largest absolute Gasteiger partial charge is 0.345 e. The average Bonchev–Trinajstić information content (AvgIpc) is 3.08. The molecule has 1 saturated heterocycles. The molecule has 1 aliphatic heterocycles. The van der Waals surface area contributed by atoms with Gasteiger partial charge in [0.2, 0.25) is 16.0 Å². The molecule has 1 fully saturated rings. The fraction of sp³-hybridized carbons (Fsp3) is 0.300. The van der Waals surface area contributed by atoms with Crippen molar-refractivity contribution in [2.45, 2.75) is 31.2 Å². The normalized spacial score (nSPS) is 23.6. The number of benzene rings is 2. The molecule has 2 aromatic carbocycles. The van der Waals surface area contributed by atoms with E-state index < -0.39 is 38.4 Å². The third-order valence-corrected chi connectivity index (χ3v) is 7.94. The van der Waals surface area contributed by atoms with Gasteiger partial charge in [-0.15, -0.1) is 0 Å². The van der Waals surface area contributed by atoms with Crippen LogP contribution in [0.1, 0.15) is 30.2 Å². The minimum Gasteiger partial charge on any atom is -0.345 e. The Morgan fingerprint density at radius 1 is 1.23 bits per heavy atom. The van der Waals surface area contributed by atoms with Gasteiger partial charge in [0.15, 0.2) is 0 Å². The molecule has 0 spiro atoms. The summed E-state index contributed by atoms with van der Waals surface area (Å²) in [5.74, 6) is -2.05. The Morgan fingerprint density at radius 3 is 2.63 bits per heavy atom. The van der Waals surface area contributed by atoms with Gasteiger partial charge in [0.25, 0.3) is 0 Å². The van der Waals surface area contributed by atoms with Gasteiger partial charge in [-0.1, -0.05) is 12.1 Å². The highest BCUT2D eigenvalue weighted by Gasteiger charge is 2.53. The van der Waals surface area contributed by atoms with Crippen LogP contribution in [-0.2, 0) is 22.1 Å². The van der Waals surface area contributed by atoms with Crippen LogP contribution in [0.15, 0.2) is 42.6 Å². The van der Waals surface area contributed by atoms with Crippen LogP contribution >= 0.6 is 0 Å². The number of aromatic nitrogens is 2. The molecule has 1 aliphatic rings. The molecule has 2 atom stereocenters. The van der Waals surface area contributed by atoms with Gasteiger partial charge < -0.3 is 5.32 Å². The van der Waals surface area contributed by atoms with Gasteiger partial charge in [-0.05, 0) is 37.6 Å². The van der Waals surface area contributed by atoms with Crippen molar-refractivity contribution >= 4 is 26.9 Å². The summed E-state index contributed by atoms with van der Waals surface area (Å²) in [5, 5.41) is 14.7. The Bertz CT molecular complexity index is 1270. The molecule has 3 aromatic rings. The van der Waals surface area contributed by atoms with Gasteiger partial charge in [0.1, 0.15) is 16.9 Å². The van der Waals surface area contributed by atoms with Crippen molar-refractivity contribution in [3.8, 4) is 0 Å². The molecule has 0 radical (unpaired) electrons. The number of nitrogens with zero attached hydrogens (tertiary/aromatic N) is 3. The van der Waals surface area contributed by atoms with Crippen molar-refractivity contribution < 1.29 is 17.2 Å². The number of hydrogen-bond acceptors (Lipinski definition) is 4. The van der Waals surface area contributed by atoms with E-state index >= 15 is 0 Å². The van der Waals surface area contributed by atoms with Crippen LogP contribution in [0.5, 0.6) is 0 Å². The Balaban J connectivity index is 1.97. The number of guanidine groups is 1. The van der Waals surface area contributed by atoms with Crippen LogP contribution in [0, 0.1) is 17.0 Å². The second-order valence-electron chi connectivity index (χ2n) is 7.47. The van der Waals surface area contributed by atoms with E-state index in [4.69, 9.17) is 5.41 Å². The van der Waals surface area contributed by atoms with E-state index in [-0.39, 0.29) is 5.56 Å². The highest BCUT2D eigenvalue weighted by molar-refractivity contribution is 7.90. The van der Waals surface area contributed by atoms with Crippen LogP contribution in [0.2, 0.25) is 0 Å². The first-order chi connectivity index (χ1) is 14.1. The molecular weight excluding hydrogens is 412 g/mol. The quantitative estimate of drug-likeness (QED) is 0.664. The Morgan fingerprint density at radius 2 is 1.97 bits per heavy atom. The molecule has 0 saturated carbocycles. The fourth-order valence-corrected chi connectivity index (χ4v) is 6.01. The summed E-state index contributed by atoms with van der Waals surface area (Å²) in [6.45, 7) is 4.11. The average molecular weight is 433 g/mol. The lowest BCUT2D eigenvalue weighted by Gasteiger charge is -2.46. The first-order valence-electron chi connectivity index (χ1n) is 9.35. The Labute approximate surface area is 172 Å². The van der Waals surface area contributed by atoms with Crippen molar-refractivity contribution in [1.82, 2.24) is 19.4 Å². The second-order valence-corrected chi connectivity index (χ2v) is 9.52. The molecular formula is C20H21F2N5O2S. The molecule has 0 amide bonds. The predicted molar refractivity (Wildman–Crippen MR) is 109 cm³/mol. The zero-order valence-electron chi connectivity index (χ0n) is 16.6. The number of rotatable bonds is 3. The van der Waals surface area contributed by atoms with E-state index in [1.807, 2.05) is 6.92 Å². The van der Waals surface area contributed by atoms with Crippen LogP contribution < -0.4 is 5.32 Å². The summed E-state index contributed by atoms with van der Waals surface area (Å²) in [6.07, 6.45) is 1.65. The standard InChI is InChI=1S/C20H21F2N5O2S/c1-4-27-17-8-5-12(9-13(17)11-24-27)18-20(2,15-7-6-14(21)10-16(15)22)25-19(23)26(3)30(18,28)29/h5-11,18H,4H2,1-3H3,(H2,23,25)/t18-,20-/m1/s1. The third kappa shape index (κ3) is 2.85. The van der Waals surface area contributed by atoms with Crippen LogP contribution in [0.4, 0.5) is 8.78 Å². The number of nitrogens with one attached hydrogen (secondary N) is 2. The number of aryl methyl sites for hydroxylation is 1. The minimum atomic E-state index is -4.10. The zero-order chi connectivity index (χ0) is 21.8. The maximum absolute atomic E-state index is 14.8. The second kappa shape index (κ2) is 6.76. The molecule has 2 N–H and O–H groups in total. The van der Waals surface area contributed by atoms with Crippen molar-refractivity contribution in [1.29, 1.82) is 5.41 Å². The van der Waals surface area contributed by atoms with Crippen molar-refractivity contribution in [3.05, 3.63) is 65.4 Å². The van der Waals surface area contributed by atoms with E-state index in [1.165, 1.54) is 20.0 Å². The van der Waals surface area contributed by atoms with E-state index in [9.17, 15) is 17.2 Å². The van der Waals surface area contributed by atoms with Crippen molar-refractivity contribution in [2.75, 3.05) is 7.05 Å². The monoisotopic (exact) mass is 433 g/mol. The van der Waals surface area contributed by atoms with Gasteiger partial charge in [-0.3, -0.25) is 10.1 Å². The summed E-state index contributed by atoms with van der Waals surface area (Å²) in [5.41, 5.74) is -0.330. The lowest BCUT2D eigenvalue weighted by atomic mass is 9.84. The van der Waals surface area contributed by atoms with Gasteiger partial charge in [0, 0.05) is 30.6 Å². The van der Waals surface area contributed by atoms with E-state index in [1.54, 1.807) is 29.1 Å². The Kier molecular flexibility index (Phi) is 4.57. The summed E-state index contributed by atoms with van der Waals surface area (Å²) in [6, 6.07) is 8.15. The maximum atomic E-state index is 14.8. The van der Waals surface area contributed by atoms with Gasteiger partial charge in [-0.25, -0.2) is 21.5 Å². The molecule has 0 bridgehead atoms. The smallest absolute Gasteiger partial charge is 0.246 e. The highest BCUT2D eigenvalue weighted by Crippen LogP contribution is 2.46. The number of sulfonamides is 1. The van der Waals surface area contributed by atoms with Gasteiger partial charge in [-0.2, -0.15) is 5.10 Å². The highest BCUT2D eigenvalue weighted by atomic mass is 32.2. The van der Waals surface area contributed by atoms with E-state index in [2.05, 4.69) is 10.4 Å².